The Kier molecular flexibility index (Phi) is 5.04. The van der Waals surface area contributed by atoms with E-state index in [9.17, 15) is 4.79 Å². The molecule has 1 fully saturated rings. The molecule has 0 spiro atoms. The van der Waals surface area contributed by atoms with Crippen LogP contribution in [0.1, 0.15) is 49.3 Å². The molecule has 0 bridgehead atoms. The van der Waals surface area contributed by atoms with E-state index < -0.39 is 0 Å². The van der Waals surface area contributed by atoms with Crippen LogP contribution in [-0.2, 0) is 11.2 Å². The molecule has 3 nitrogen and oxygen atoms in total. The summed E-state index contributed by atoms with van der Waals surface area (Å²) in [5, 5.41) is 3.24. The number of amides is 1. The van der Waals surface area contributed by atoms with Crippen molar-refractivity contribution < 1.29 is 4.79 Å². The summed E-state index contributed by atoms with van der Waals surface area (Å²) in [6.45, 7) is 6.91. The molecule has 2 rings (SSSR count). The summed E-state index contributed by atoms with van der Waals surface area (Å²) in [7, 11) is 0. The van der Waals surface area contributed by atoms with E-state index in [4.69, 9.17) is 5.73 Å². The second-order valence-corrected chi connectivity index (χ2v) is 6.84. The quantitative estimate of drug-likeness (QED) is 0.895. The largest absolute Gasteiger partial charge is 0.349 e. The zero-order chi connectivity index (χ0) is 15.5. The highest BCUT2D eigenvalue weighted by atomic mass is 16.1. The van der Waals surface area contributed by atoms with Gasteiger partial charge in [-0.25, -0.2) is 0 Å². The maximum absolute atomic E-state index is 12.4. The number of nitrogens with two attached hydrogens (primary N) is 1. The Morgan fingerprint density at radius 3 is 2.86 bits per heavy atom. The van der Waals surface area contributed by atoms with Gasteiger partial charge in [-0.1, -0.05) is 43.5 Å². The fourth-order valence-corrected chi connectivity index (χ4v) is 3.51. The topological polar surface area (TPSA) is 55.1 Å². The first-order valence-electron chi connectivity index (χ1n) is 8.01. The van der Waals surface area contributed by atoms with Gasteiger partial charge in [-0.15, -0.1) is 0 Å². The van der Waals surface area contributed by atoms with Crippen LogP contribution in [0.25, 0.3) is 0 Å². The van der Waals surface area contributed by atoms with Crippen LogP contribution in [0.3, 0.4) is 0 Å². The minimum absolute atomic E-state index is 0.100. The van der Waals surface area contributed by atoms with Crippen molar-refractivity contribution in [3.8, 4) is 0 Å². The van der Waals surface area contributed by atoms with Gasteiger partial charge in [0, 0.05) is 6.54 Å². The summed E-state index contributed by atoms with van der Waals surface area (Å²) < 4.78 is 0. The molecule has 1 aliphatic rings. The highest BCUT2D eigenvalue weighted by Gasteiger charge is 2.34. The zero-order valence-electron chi connectivity index (χ0n) is 13.5. The van der Waals surface area contributed by atoms with Crippen LogP contribution >= 0.6 is 0 Å². The second kappa shape index (κ2) is 6.61. The van der Waals surface area contributed by atoms with Gasteiger partial charge in [0.05, 0.1) is 12.0 Å². The summed E-state index contributed by atoms with van der Waals surface area (Å²) >= 11 is 0. The molecule has 0 heterocycles. The molecule has 3 N–H and O–H groups in total. The molecular weight excluding hydrogens is 260 g/mol. The minimum Gasteiger partial charge on any atom is -0.349 e. The van der Waals surface area contributed by atoms with Crippen LogP contribution in [0.5, 0.6) is 0 Å². The lowest BCUT2D eigenvalue weighted by molar-refractivity contribution is -0.122. The Bertz CT molecular complexity index is 512. The van der Waals surface area contributed by atoms with E-state index in [1.165, 1.54) is 17.5 Å². The van der Waals surface area contributed by atoms with Gasteiger partial charge in [-0.05, 0) is 43.7 Å². The molecule has 21 heavy (non-hydrogen) atoms. The van der Waals surface area contributed by atoms with E-state index in [1.807, 2.05) is 0 Å². The van der Waals surface area contributed by atoms with Gasteiger partial charge in [0.15, 0.2) is 0 Å². The Morgan fingerprint density at radius 1 is 1.43 bits per heavy atom. The molecule has 116 valence electrons. The molecule has 0 aliphatic heterocycles. The SMILES string of the molecule is Cc1ccc(C)c(CC(=O)NC2(CN)CCCC(C)C2)c1. The summed E-state index contributed by atoms with van der Waals surface area (Å²) in [4.78, 5) is 12.4. The molecule has 1 aromatic rings. The molecule has 2 unspecified atom stereocenters. The number of rotatable bonds is 4. The normalized spacial score (nSPS) is 25.6. The van der Waals surface area contributed by atoms with Crippen LogP contribution < -0.4 is 11.1 Å². The van der Waals surface area contributed by atoms with Gasteiger partial charge in [0.1, 0.15) is 0 Å². The monoisotopic (exact) mass is 288 g/mol. The van der Waals surface area contributed by atoms with Crippen molar-refractivity contribution in [3.05, 3.63) is 34.9 Å². The van der Waals surface area contributed by atoms with Crippen LogP contribution in [0, 0.1) is 19.8 Å². The third-order valence-corrected chi connectivity index (χ3v) is 4.74. The summed E-state index contributed by atoms with van der Waals surface area (Å²) in [6.07, 6.45) is 4.86. The summed E-state index contributed by atoms with van der Waals surface area (Å²) in [6, 6.07) is 6.27. The van der Waals surface area contributed by atoms with Crippen LogP contribution in [0.4, 0.5) is 0 Å². The van der Waals surface area contributed by atoms with E-state index in [2.05, 4.69) is 44.3 Å². The molecule has 1 saturated carbocycles. The van der Waals surface area contributed by atoms with Crippen LogP contribution in [0.15, 0.2) is 18.2 Å². The first-order chi connectivity index (χ1) is 9.94. The highest BCUT2D eigenvalue weighted by Crippen LogP contribution is 2.31. The van der Waals surface area contributed by atoms with E-state index in [0.29, 0.717) is 18.9 Å². The fourth-order valence-electron chi connectivity index (χ4n) is 3.51. The molecule has 1 amide bonds. The lowest BCUT2D eigenvalue weighted by Gasteiger charge is -2.40. The van der Waals surface area contributed by atoms with Crippen molar-refractivity contribution in [1.82, 2.24) is 5.32 Å². The van der Waals surface area contributed by atoms with Gasteiger partial charge in [-0.2, -0.15) is 0 Å². The molecule has 2 atom stereocenters. The van der Waals surface area contributed by atoms with Crippen LogP contribution in [0.2, 0.25) is 0 Å². The smallest absolute Gasteiger partial charge is 0.224 e. The van der Waals surface area contributed by atoms with Crippen molar-refractivity contribution in [2.45, 2.75) is 58.4 Å². The van der Waals surface area contributed by atoms with Gasteiger partial charge in [-0.3, -0.25) is 4.79 Å². The standard InChI is InChI=1S/C18H28N2O/c1-13-6-7-15(3)16(9-13)10-17(21)20-18(12-19)8-4-5-14(2)11-18/h6-7,9,14H,4-5,8,10-12,19H2,1-3H3,(H,20,21). The van der Waals surface area contributed by atoms with E-state index in [1.54, 1.807) is 0 Å². The van der Waals surface area contributed by atoms with Crippen molar-refractivity contribution in [3.63, 3.8) is 0 Å². The number of hydrogen-bond donors (Lipinski definition) is 2. The van der Waals surface area contributed by atoms with Crippen molar-refractivity contribution >= 4 is 5.91 Å². The molecule has 0 saturated heterocycles. The number of nitrogens with one attached hydrogen (secondary N) is 1. The third kappa shape index (κ3) is 4.07. The number of benzene rings is 1. The minimum atomic E-state index is -0.188. The lowest BCUT2D eigenvalue weighted by atomic mass is 9.76. The number of aryl methyl sites for hydroxylation is 2. The van der Waals surface area contributed by atoms with Gasteiger partial charge < -0.3 is 11.1 Å². The van der Waals surface area contributed by atoms with Crippen molar-refractivity contribution in [2.24, 2.45) is 11.7 Å². The first-order valence-corrected chi connectivity index (χ1v) is 8.01. The van der Waals surface area contributed by atoms with E-state index in [0.717, 1.165) is 24.8 Å². The van der Waals surface area contributed by atoms with Gasteiger partial charge in [0.25, 0.3) is 0 Å². The first kappa shape index (κ1) is 16.0. The van der Waals surface area contributed by atoms with Crippen molar-refractivity contribution in [1.29, 1.82) is 0 Å². The zero-order valence-corrected chi connectivity index (χ0v) is 13.5. The molecule has 0 aromatic heterocycles. The maximum Gasteiger partial charge on any atom is 0.224 e. The predicted octanol–water partition coefficient (Wildman–Crippen LogP) is 2.87. The number of carbonyl (C=O) groups excluding carboxylic acids is 1. The molecule has 0 radical (unpaired) electrons. The molecular formula is C18H28N2O. The fraction of sp³-hybridized carbons (Fsp3) is 0.611. The molecule has 1 aromatic carbocycles. The number of hydrogen-bond acceptors (Lipinski definition) is 2. The second-order valence-electron chi connectivity index (χ2n) is 6.84. The maximum atomic E-state index is 12.4. The van der Waals surface area contributed by atoms with Gasteiger partial charge >= 0.3 is 0 Å². The van der Waals surface area contributed by atoms with E-state index >= 15 is 0 Å². The Morgan fingerprint density at radius 2 is 2.19 bits per heavy atom. The highest BCUT2D eigenvalue weighted by molar-refractivity contribution is 5.79. The Labute approximate surface area is 128 Å². The average molecular weight is 288 g/mol. The molecule has 3 heteroatoms. The summed E-state index contributed by atoms with van der Waals surface area (Å²) in [5.74, 6) is 0.742. The van der Waals surface area contributed by atoms with Crippen molar-refractivity contribution in [2.75, 3.05) is 6.54 Å². The van der Waals surface area contributed by atoms with E-state index in [-0.39, 0.29) is 11.4 Å². The predicted molar refractivity (Wildman–Crippen MR) is 87.2 cm³/mol. The Hall–Kier alpha value is -1.35. The summed E-state index contributed by atoms with van der Waals surface area (Å²) in [5.41, 5.74) is 9.28. The Balaban J connectivity index is 2.04. The van der Waals surface area contributed by atoms with Gasteiger partial charge in [0.2, 0.25) is 5.91 Å². The lowest BCUT2D eigenvalue weighted by Crippen LogP contribution is -2.56. The van der Waals surface area contributed by atoms with Crippen LogP contribution in [-0.4, -0.2) is 18.0 Å². The third-order valence-electron chi connectivity index (χ3n) is 4.74. The number of carbonyl (C=O) groups is 1. The average Bonchev–Trinajstić information content (AvgIpc) is 2.43. The molecule has 1 aliphatic carbocycles.